The number of nitrogens with zero attached hydrogens (tertiary/aromatic N) is 6. The Morgan fingerprint density at radius 2 is 2.07 bits per heavy atom. The summed E-state index contributed by atoms with van der Waals surface area (Å²) in [4.78, 5) is 25.2. The van der Waals surface area contributed by atoms with E-state index >= 15 is 0 Å². The summed E-state index contributed by atoms with van der Waals surface area (Å²) >= 11 is 1.52. The summed E-state index contributed by atoms with van der Waals surface area (Å²) in [5.74, 6) is -0.130. The Morgan fingerprint density at radius 1 is 1.19 bits per heavy atom. The number of carbonyl (C=O) groups is 1. The van der Waals surface area contributed by atoms with Gasteiger partial charge in [-0.15, -0.1) is 21.5 Å². The number of aromatic nitrogens is 6. The van der Waals surface area contributed by atoms with Crippen LogP contribution in [0.15, 0.2) is 60.9 Å². The summed E-state index contributed by atoms with van der Waals surface area (Å²) in [5, 5.41) is 13.3. The summed E-state index contributed by atoms with van der Waals surface area (Å²) in [5.41, 5.74) is 3.09. The summed E-state index contributed by atoms with van der Waals surface area (Å²) < 4.78 is 1.75. The molecule has 27 heavy (non-hydrogen) atoms. The van der Waals surface area contributed by atoms with Crippen molar-refractivity contribution in [2.75, 3.05) is 6.54 Å². The van der Waals surface area contributed by atoms with Gasteiger partial charge in [0.05, 0.1) is 11.9 Å². The molecule has 0 aliphatic carbocycles. The number of rotatable bonds is 6. The molecule has 1 amide bonds. The maximum absolute atomic E-state index is 12.4. The van der Waals surface area contributed by atoms with E-state index in [1.54, 1.807) is 47.9 Å². The molecule has 1 aromatic carbocycles. The van der Waals surface area contributed by atoms with E-state index in [1.807, 2.05) is 17.5 Å². The predicted octanol–water partition coefficient (Wildman–Crippen LogP) is 2.15. The van der Waals surface area contributed by atoms with Crippen molar-refractivity contribution in [1.29, 1.82) is 0 Å². The molecular weight excluding hydrogens is 362 g/mol. The minimum atomic E-state index is -0.130. The number of amides is 1. The second kappa shape index (κ2) is 7.83. The summed E-state index contributed by atoms with van der Waals surface area (Å²) in [6.45, 7) is 0.499. The lowest BCUT2D eigenvalue weighted by molar-refractivity contribution is 0.0954. The van der Waals surface area contributed by atoms with Crippen molar-refractivity contribution in [3.05, 3.63) is 72.1 Å². The second-order valence-electron chi connectivity index (χ2n) is 5.66. The first-order chi connectivity index (χ1) is 13.3. The predicted molar refractivity (Wildman–Crippen MR) is 101 cm³/mol. The smallest absolute Gasteiger partial charge is 0.251 e. The Morgan fingerprint density at radius 3 is 2.89 bits per heavy atom. The zero-order chi connectivity index (χ0) is 18.5. The number of benzene rings is 1. The van der Waals surface area contributed by atoms with E-state index in [9.17, 15) is 4.79 Å². The largest absolute Gasteiger partial charge is 0.352 e. The lowest BCUT2D eigenvalue weighted by Crippen LogP contribution is -2.25. The maximum Gasteiger partial charge on any atom is 0.251 e. The number of thiazole rings is 1. The van der Waals surface area contributed by atoms with Gasteiger partial charge in [0, 0.05) is 42.0 Å². The lowest BCUT2D eigenvalue weighted by atomic mass is 10.2. The highest BCUT2D eigenvalue weighted by atomic mass is 32.1. The SMILES string of the molecule is O=C(NCCc1csc(-c2cnccn2)n1)c1cccc(-n2cnnc2)c1. The van der Waals surface area contributed by atoms with Gasteiger partial charge < -0.3 is 5.32 Å². The highest BCUT2D eigenvalue weighted by Gasteiger charge is 2.09. The molecule has 0 fully saturated rings. The molecule has 0 atom stereocenters. The first-order valence-corrected chi connectivity index (χ1v) is 9.11. The zero-order valence-electron chi connectivity index (χ0n) is 14.2. The molecule has 0 spiro atoms. The summed E-state index contributed by atoms with van der Waals surface area (Å²) in [6, 6.07) is 7.30. The molecule has 0 aliphatic heterocycles. The first kappa shape index (κ1) is 17.0. The fraction of sp³-hybridized carbons (Fsp3) is 0.111. The third-order valence-electron chi connectivity index (χ3n) is 3.83. The monoisotopic (exact) mass is 377 g/mol. The zero-order valence-corrected chi connectivity index (χ0v) is 15.0. The molecule has 0 saturated carbocycles. The van der Waals surface area contributed by atoms with Crippen molar-refractivity contribution in [1.82, 2.24) is 35.0 Å². The van der Waals surface area contributed by atoms with Crippen LogP contribution in [-0.4, -0.2) is 42.2 Å². The number of nitrogens with one attached hydrogen (secondary N) is 1. The fourth-order valence-electron chi connectivity index (χ4n) is 2.50. The molecule has 0 bridgehead atoms. The van der Waals surface area contributed by atoms with E-state index in [4.69, 9.17) is 0 Å². The highest BCUT2D eigenvalue weighted by molar-refractivity contribution is 7.13. The van der Waals surface area contributed by atoms with E-state index in [0.29, 0.717) is 18.5 Å². The van der Waals surface area contributed by atoms with Crippen molar-refractivity contribution >= 4 is 17.2 Å². The van der Waals surface area contributed by atoms with Crippen LogP contribution in [0.25, 0.3) is 16.4 Å². The van der Waals surface area contributed by atoms with E-state index in [-0.39, 0.29) is 5.91 Å². The quantitative estimate of drug-likeness (QED) is 0.553. The van der Waals surface area contributed by atoms with Gasteiger partial charge in [0.2, 0.25) is 0 Å². The van der Waals surface area contributed by atoms with Gasteiger partial charge in [-0.05, 0) is 18.2 Å². The third-order valence-corrected chi connectivity index (χ3v) is 4.74. The van der Waals surface area contributed by atoms with Crippen LogP contribution in [0.3, 0.4) is 0 Å². The van der Waals surface area contributed by atoms with Crippen LogP contribution in [0.1, 0.15) is 16.1 Å². The van der Waals surface area contributed by atoms with Gasteiger partial charge in [0.15, 0.2) is 0 Å². The van der Waals surface area contributed by atoms with Gasteiger partial charge in [-0.25, -0.2) is 4.98 Å². The first-order valence-electron chi connectivity index (χ1n) is 8.23. The van der Waals surface area contributed by atoms with Gasteiger partial charge in [0.25, 0.3) is 5.91 Å². The molecular formula is C18H15N7OS. The van der Waals surface area contributed by atoms with Crippen LogP contribution >= 0.6 is 11.3 Å². The normalized spacial score (nSPS) is 10.7. The highest BCUT2D eigenvalue weighted by Crippen LogP contribution is 2.20. The van der Waals surface area contributed by atoms with E-state index < -0.39 is 0 Å². The van der Waals surface area contributed by atoms with Crippen LogP contribution in [0.5, 0.6) is 0 Å². The molecule has 0 unspecified atom stereocenters. The Hall–Kier alpha value is -3.46. The molecule has 9 heteroatoms. The van der Waals surface area contributed by atoms with Crippen LogP contribution in [-0.2, 0) is 6.42 Å². The minimum absolute atomic E-state index is 0.130. The number of carbonyl (C=O) groups excluding carboxylic acids is 1. The Labute approximate surface area is 159 Å². The van der Waals surface area contributed by atoms with Crippen molar-refractivity contribution < 1.29 is 4.79 Å². The van der Waals surface area contributed by atoms with Crippen molar-refractivity contribution in [2.45, 2.75) is 6.42 Å². The average molecular weight is 377 g/mol. The van der Waals surface area contributed by atoms with E-state index in [2.05, 4.69) is 30.5 Å². The standard InChI is InChI=1S/C18H15N7OS/c26-17(13-2-1-3-15(8-13)25-11-22-23-12-25)21-5-4-14-10-27-18(24-14)16-9-19-6-7-20-16/h1-3,6-12H,4-5H2,(H,21,26). The van der Waals surface area contributed by atoms with E-state index in [0.717, 1.165) is 22.1 Å². The molecule has 4 rings (SSSR count). The summed E-state index contributed by atoms with van der Waals surface area (Å²) in [7, 11) is 0. The molecule has 3 heterocycles. The molecule has 8 nitrogen and oxygen atoms in total. The van der Waals surface area contributed by atoms with Crippen molar-refractivity contribution in [2.24, 2.45) is 0 Å². The Balaban J connectivity index is 1.35. The molecule has 3 aromatic heterocycles. The van der Waals surface area contributed by atoms with Crippen molar-refractivity contribution in [3.8, 4) is 16.4 Å². The lowest BCUT2D eigenvalue weighted by Gasteiger charge is -2.06. The van der Waals surface area contributed by atoms with E-state index in [1.165, 1.54) is 11.3 Å². The van der Waals surface area contributed by atoms with Crippen molar-refractivity contribution in [3.63, 3.8) is 0 Å². The minimum Gasteiger partial charge on any atom is -0.352 e. The molecule has 4 aromatic rings. The third kappa shape index (κ3) is 4.04. The Kier molecular flexibility index (Phi) is 4.93. The van der Waals surface area contributed by atoms with Crippen LogP contribution in [0.2, 0.25) is 0 Å². The van der Waals surface area contributed by atoms with Gasteiger partial charge in [0.1, 0.15) is 23.4 Å². The maximum atomic E-state index is 12.4. The number of hydrogen-bond acceptors (Lipinski definition) is 7. The van der Waals surface area contributed by atoms with Gasteiger partial charge >= 0.3 is 0 Å². The van der Waals surface area contributed by atoms with Crippen LogP contribution in [0.4, 0.5) is 0 Å². The fourth-order valence-corrected chi connectivity index (χ4v) is 3.31. The topological polar surface area (TPSA) is 98.5 Å². The molecule has 0 radical (unpaired) electrons. The summed E-state index contributed by atoms with van der Waals surface area (Å²) in [6.07, 6.45) is 8.79. The second-order valence-corrected chi connectivity index (χ2v) is 6.52. The van der Waals surface area contributed by atoms with Gasteiger partial charge in [-0.1, -0.05) is 6.07 Å². The van der Waals surface area contributed by atoms with Crippen LogP contribution < -0.4 is 5.32 Å². The van der Waals surface area contributed by atoms with Gasteiger partial charge in [-0.2, -0.15) is 0 Å². The molecule has 0 aliphatic rings. The number of hydrogen-bond donors (Lipinski definition) is 1. The average Bonchev–Trinajstić information content (AvgIpc) is 3.41. The van der Waals surface area contributed by atoms with Crippen LogP contribution in [0, 0.1) is 0 Å². The molecule has 1 N–H and O–H groups in total. The molecule has 0 saturated heterocycles. The Bertz CT molecular complexity index is 1030. The molecule has 134 valence electrons. The van der Waals surface area contributed by atoms with Gasteiger partial charge in [-0.3, -0.25) is 19.3 Å².